The maximum Gasteiger partial charge on any atom is 0.256 e. The molecule has 0 bridgehead atoms. The number of para-hydroxylation sites is 1. The number of carbonyl (C=O) groups is 1. The second-order valence-electron chi connectivity index (χ2n) is 6.71. The van der Waals surface area contributed by atoms with Gasteiger partial charge < -0.3 is 19.4 Å². The first kappa shape index (κ1) is 17.5. The molecule has 1 N–H and O–H groups in total. The van der Waals surface area contributed by atoms with E-state index in [4.69, 9.17) is 9.47 Å². The average Bonchev–Trinajstić information content (AvgIpc) is 3.30. The van der Waals surface area contributed by atoms with Crippen LogP contribution >= 0.6 is 0 Å². The van der Waals surface area contributed by atoms with Gasteiger partial charge >= 0.3 is 0 Å². The Labute approximate surface area is 158 Å². The van der Waals surface area contributed by atoms with Crippen molar-refractivity contribution in [1.29, 1.82) is 0 Å². The Morgan fingerprint density at radius 2 is 2.22 bits per heavy atom. The number of nitrogens with zero attached hydrogens (tertiary/aromatic N) is 2. The number of hydrogen-bond donors (Lipinski definition) is 1. The van der Waals surface area contributed by atoms with Crippen molar-refractivity contribution < 1.29 is 14.3 Å². The standard InChI is InChI=1S/C21H23N3O3/c1-15-13-16-5-2-3-7-19(16)24(15)11-10-22-20(25)18-6-4-9-23-21(18)27-17-8-12-26-14-17/h2-7,9,13,17H,8,10-12,14H2,1H3,(H,22,25). The largest absolute Gasteiger partial charge is 0.471 e. The fourth-order valence-electron chi connectivity index (χ4n) is 3.44. The lowest BCUT2D eigenvalue weighted by Crippen LogP contribution is -2.29. The van der Waals surface area contributed by atoms with Crippen molar-refractivity contribution in [3.63, 3.8) is 0 Å². The zero-order valence-corrected chi connectivity index (χ0v) is 15.4. The van der Waals surface area contributed by atoms with Gasteiger partial charge in [-0.1, -0.05) is 18.2 Å². The summed E-state index contributed by atoms with van der Waals surface area (Å²) < 4.78 is 13.4. The number of hydrogen-bond acceptors (Lipinski definition) is 4. The topological polar surface area (TPSA) is 65.4 Å². The van der Waals surface area contributed by atoms with E-state index in [-0.39, 0.29) is 12.0 Å². The Kier molecular flexibility index (Phi) is 5.07. The van der Waals surface area contributed by atoms with Crippen molar-refractivity contribution in [3.8, 4) is 5.88 Å². The van der Waals surface area contributed by atoms with Gasteiger partial charge in [0.1, 0.15) is 11.7 Å². The van der Waals surface area contributed by atoms with Crippen LogP contribution in [0.3, 0.4) is 0 Å². The summed E-state index contributed by atoms with van der Waals surface area (Å²) in [4.78, 5) is 16.9. The number of carbonyl (C=O) groups excluding carboxylic acids is 1. The van der Waals surface area contributed by atoms with E-state index in [1.54, 1.807) is 18.3 Å². The van der Waals surface area contributed by atoms with Crippen LogP contribution in [0.5, 0.6) is 5.88 Å². The van der Waals surface area contributed by atoms with Crippen LogP contribution in [-0.4, -0.2) is 41.3 Å². The molecule has 0 aliphatic carbocycles. The summed E-state index contributed by atoms with van der Waals surface area (Å²) in [5.41, 5.74) is 2.81. The van der Waals surface area contributed by atoms with Crippen LogP contribution in [0.15, 0.2) is 48.7 Å². The normalized spacial score (nSPS) is 16.6. The van der Waals surface area contributed by atoms with Gasteiger partial charge in [-0.25, -0.2) is 4.98 Å². The van der Waals surface area contributed by atoms with Crippen LogP contribution in [0.1, 0.15) is 22.5 Å². The highest BCUT2D eigenvalue weighted by atomic mass is 16.5. The average molecular weight is 365 g/mol. The van der Waals surface area contributed by atoms with Crippen LogP contribution in [0, 0.1) is 6.92 Å². The predicted molar refractivity (Wildman–Crippen MR) is 103 cm³/mol. The highest BCUT2D eigenvalue weighted by molar-refractivity contribution is 5.96. The minimum Gasteiger partial charge on any atom is -0.471 e. The Hall–Kier alpha value is -2.86. The lowest BCUT2D eigenvalue weighted by Gasteiger charge is -2.14. The lowest BCUT2D eigenvalue weighted by molar-refractivity contribution is 0.0939. The molecule has 1 saturated heterocycles. The monoisotopic (exact) mass is 365 g/mol. The van der Waals surface area contributed by atoms with Gasteiger partial charge in [-0.2, -0.15) is 0 Å². The number of fused-ring (bicyclic) bond motifs is 1. The summed E-state index contributed by atoms with van der Waals surface area (Å²) in [7, 11) is 0. The number of benzene rings is 1. The quantitative estimate of drug-likeness (QED) is 0.729. The number of amides is 1. The summed E-state index contributed by atoms with van der Waals surface area (Å²) >= 11 is 0. The maximum atomic E-state index is 12.6. The van der Waals surface area contributed by atoms with E-state index in [9.17, 15) is 4.79 Å². The van der Waals surface area contributed by atoms with Gasteiger partial charge in [0.25, 0.3) is 5.91 Å². The first-order chi connectivity index (χ1) is 13.2. The molecule has 1 unspecified atom stereocenters. The highest BCUT2D eigenvalue weighted by Crippen LogP contribution is 2.20. The van der Waals surface area contributed by atoms with Crippen molar-refractivity contribution in [2.75, 3.05) is 19.8 Å². The number of pyridine rings is 1. The highest BCUT2D eigenvalue weighted by Gasteiger charge is 2.21. The summed E-state index contributed by atoms with van der Waals surface area (Å²) in [6, 6.07) is 13.9. The summed E-state index contributed by atoms with van der Waals surface area (Å²) in [6.07, 6.45) is 2.41. The van der Waals surface area contributed by atoms with E-state index in [1.165, 1.54) is 16.6 Å². The zero-order valence-electron chi connectivity index (χ0n) is 15.4. The fraction of sp³-hybridized carbons (Fsp3) is 0.333. The number of aromatic nitrogens is 2. The third kappa shape index (κ3) is 3.80. The number of ether oxygens (including phenoxy) is 2. The molecule has 0 spiro atoms. The van der Waals surface area contributed by atoms with E-state index in [0.717, 1.165) is 6.42 Å². The first-order valence-corrected chi connectivity index (χ1v) is 9.25. The van der Waals surface area contributed by atoms with Crippen LogP contribution in [0.25, 0.3) is 10.9 Å². The minimum atomic E-state index is -0.175. The molecule has 1 aliphatic rings. The molecule has 3 heterocycles. The number of nitrogens with one attached hydrogen (secondary N) is 1. The van der Waals surface area contributed by atoms with Gasteiger partial charge in [0, 0.05) is 36.9 Å². The van der Waals surface area contributed by atoms with E-state index >= 15 is 0 Å². The molecule has 140 valence electrons. The van der Waals surface area contributed by atoms with Crippen LogP contribution in [0.4, 0.5) is 0 Å². The van der Waals surface area contributed by atoms with Gasteiger partial charge in [-0.05, 0) is 36.6 Å². The Bertz CT molecular complexity index is 945. The van der Waals surface area contributed by atoms with Crippen molar-refractivity contribution >= 4 is 16.8 Å². The Balaban J connectivity index is 1.41. The molecule has 0 radical (unpaired) electrons. The summed E-state index contributed by atoms with van der Waals surface area (Å²) in [6.45, 7) is 4.54. The molecule has 2 aromatic heterocycles. The molecule has 1 atom stereocenters. The molecular weight excluding hydrogens is 342 g/mol. The van der Waals surface area contributed by atoms with Crippen molar-refractivity contribution in [3.05, 3.63) is 59.9 Å². The van der Waals surface area contributed by atoms with Gasteiger partial charge in [-0.15, -0.1) is 0 Å². The van der Waals surface area contributed by atoms with E-state index in [2.05, 4.69) is 40.0 Å². The number of rotatable bonds is 6. The lowest BCUT2D eigenvalue weighted by atomic mass is 10.2. The smallest absolute Gasteiger partial charge is 0.256 e. The SMILES string of the molecule is Cc1cc2ccccc2n1CCNC(=O)c1cccnc1OC1CCOC1. The third-order valence-corrected chi connectivity index (χ3v) is 4.82. The molecular formula is C21H23N3O3. The number of aryl methyl sites for hydroxylation is 1. The van der Waals surface area contributed by atoms with E-state index in [1.807, 2.05) is 12.1 Å². The summed E-state index contributed by atoms with van der Waals surface area (Å²) in [5, 5.41) is 4.19. The minimum absolute atomic E-state index is 0.0414. The van der Waals surface area contributed by atoms with Gasteiger partial charge in [0.05, 0.1) is 13.2 Å². The van der Waals surface area contributed by atoms with Gasteiger partial charge in [0.2, 0.25) is 5.88 Å². The Morgan fingerprint density at radius 1 is 1.33 bits per heavy atom. The van der Waals surface area contributed by atoms with Crippen LogP contribution < -0.4 is 10.1 Å². The fourth-order valence-corrected chi connectivity index (χ4v) is 3.44. The van der Waals surface area contributed by atoms with Crippen molar-refractivity contribution in [2.24, 2.45) is 0 Å². The van der Waals surface area contributed by atoms with Crippen molar-refractivity contribution in [2.45, 2.75) is 26.0 Å². The molecule has 27 heavy (non-hydrogen) atoms. The predicted octanol–water partition coefficient (Wildman–Crippen LogP) is 2.94. The van der Waals surface area contributed by atoms with Gasteiger partial charge in [-0.3, -0.25) is 4.79 Å². The third-order valence-electron chi connectivity index (χ3n) is 4.82. The molecule has 1 fully saturated rings. The van der Waals surface area contributed by atoms with Crippen molar-refractivity contribution in [1.82, 2.24) is 14.9 Å². The molecule has 0 saturated carbocycles. The molecule has 4 rings (SSSR count). The second-order valence-corrected chi connectivity index (χ2v) is 6.71. The van der Waals surface area contributed by atoms with E-state index < -0.39 is 0 Å². The maximum absolute atomic E-state index is 12.6. The van der Waals surface area contributed by atoms with Crippen LogP contribution in [-0.2, 0) is 11.3 Å². The zero-order chi connectivity index (χ0) is 18.6. The molecule has 1 aliphatic heterocycles. The van der Waals surface area contributed by atoms with Gasteiger partial charge in [0.15, 0.2) is 0 Å². The molecule has 1 aromatic carbocycles. The molecule has 6 nitrogen and oxygen atoms in total. The Morgan fingerprint density at radius 3 is 3.07 bits per heavy atom. The van der Waals surface area contributed by atoms with E-state index in [0.29, 0.717) is 37.7 Å². The van der Waals surface area contributed by atoms with Crippen LogP contribution in [0.2, 0.25) is 0 Å². The summed E-state index contributed by atoms with van der Waals surface area (Å²) in [5.74, 6) is 0.194. The molecule has 1 amide bonds. The molecule has 3 aromatic rings. The second kappa shape index (κ2) is 7.80. The first-order valence-electron chi connectivity index (χ1n) is 9.25. The molecule has 6 heteroatoms.